The number of hydrogen-bond acceptors (Lipinski definition) is 7. The molecule has 0 bridgehead atoms. The maximum Gasteiger partial charge on any atom is 0.370 e. The fourth-order valence-corrected chi connectivity index (χ4v) is 1.90. The van der Waals surface area contributed by atoms with E-state index in [0.29, 0.717) is 0 Å². The first-order valence-corrected chi connectivity index (χ1v) is 5.89. The molecular weight excluding hydrogens is 272 g/mol. The number of amides is 1. The smallest absolute Gasteiger partial charge is 0.370 e. The van der Waals surface area contributed by atoms with Gasteiger partial charge in [0, 0.05) is 6.92 Å². The number of ether oxygens (including phenoxy) is 1. The molecule has 0 aromatic rings. The molecule has 0 aromatic heterocycles. The highest BCUT2D eigenvalue weighted by molar-refractivity contribution is 5.84. The molecule has 9 heteroatoms. The predicted molar refractivity (Wildman–Crippen MR) is 65.3 cm³/mol. The number of nitrogens with one attached hydrogen (secondary N) is 1. The first-order chi connectivity index (χ1) is 9.27. The fourth-order valence-electron chi connectivity index (χ4n) is 1.90. The minimum absolute atomic E-state index is 0.461. The van der Waals surface area contributed by atoms with Crippen LogP contribution in [0.2, 0.25) is 0 Å². The van der Waals surface area contributed by atoms with Gasteiger partial charge in [-0.3, -0.25) is 4.79 Å². The van der Waals surface area contributed by atoms with Crippen molar-refractivity contribution in [3.8, 4) is 0 Å². The highest BCUT2D eigenvalue weighted by Crippen LogP contribution is 2.21. The summed E-state index contributed by atoms with van der Waals surface area (Å²) in [7, 11) is 0. The van der Waals surface area contributed by atoms with Crippen LogP contribution in [0.4, 0.5) is 0 Å². The van der Waals surface area contributed by atoms with E-state index < -0.39 is 54.6 Å². The van der Waals surface area contributed by atoms with Gasteiger partial charge < -0.3 is 36.2 Å². The Bertz CT molecular complexity index is 412. The van der Waals surface area contributed by atoms with Crippen LogP contribution < -0.4 is 11.1 Å². The van der Waals surface area contributed by atoms with E-state index in [1.807, 2.05) is 0 Å². The molecule has 0 saturated carbocycles. The Morgan fingerprint density at radius 3 is 2.55 bits per heavy atom. The molecule has 5 atom stereocenters. The lowest BCUT2D eigenvalue weighted by atomic mass is 9.92. The minimum atomic E-state index is -1.62. The first kappa shape index (κ1) is 16.4. The molecule has 0 aromatic carbocycles. The van der Waals surface area contributed by atoms with Crippen LogP contribution in [0.15, 0.2) is 11.8 Å². The number of aliphatic carboxylic acids is 1. The van der Waals surface area contributed by atoms with Crippen molar-refractivity contribution in [1.82, 2.24) is 5.32 Å². The molecule has 0 unspecified atom stereocenters. The van der Waals surface area contributed by atoms with Crippen LogP contribution in [0.5, 0.6) is 0 Å². The van der Waals surface area contributed by atoms with Gasteiger partial charge in [0.1, 0.15) is 18.3 Å². The number of aliphatic hydroxyl groups is 3. The molecule has 1 heterocycles. The molecule has 9 nitrogen and oxygen atoms in total. The van der Waals surface area contributed by atoms with Crippen molar-refractivity contribution in [2.45, 2.75) is 37.3 Å². The standard InChI is InChI=1S/C11H18N2O7/c1-4(15)13-8-5(12)2-7(11(18)19)20-10(8)9(17)6(16)3-14/h2,5-6,8-10,14,16-17H,3,12H2,1H3,(H,13,15)(H,18,19)/t5-,6-,8+,9+,10+/m0/s1. The van der Waals surface area contributed by atoms with Crippen molar-refractivity contribution in [3.63, 3.8) is 0 Å². The van der Waals surface area contributed by atoms with E-state index in [0.717, 1.165) is 6.08 Å². The Hall–Kier alpha value is -1.68. The zero-order chi connectivity index (χ0) is 15.4. The summed E-state index contributed by atoms with van der Waals surface area (Å²) >= 11 is 0. The summed E-state index contributed by atoms with van der Waals surface area (Å²) in [6, 6.07) is -1.86. The van der Waals surface area contributed by atoms with Crippen LogP contribution in [-0.2, 0) is 14.3 Å². The summed E-state index contributed by atoms with van der Waals surface area (Å²) in [6.07, 6.45) is -3.38. The summed E-state index contributed by atoms with van der Waals surface area (Å²) in [5.74, 6) is -2.34. The third-order valence-corrected chi connectivity index (χ3v) is 2.87. The van der Waals surface area contributed by atoms with Crippen molar-refractivity contribution in [3.05, 3.63) is 11.8 Å². The Morgan fingerprint density at radius 2 is 2.10 bits per heavy atom. The normalized spacial score (nSPS) is 28.9. The summed E-state index contributed by atoms with van der Waals surface area (Å²) in [5, 5.41) is 39.5. The zero-order valence-corrected chi connectivity index (χ0v) is 10.8. The average molecular weight is 290 g/mol. The molecular formula is C11H18N2O7. The van der Waals surface area contributed by atoms with E-state index in [-0.39, 0.29) is 0 Å². The monoisotopic (exact) mass is 290 g/mol. The van der Waals surface area contributed by atoms with E-state index in [9.17, 15) is 19.8 Å². The summed E-state index contributed by atoms with van der Waals surface area (Å²) in [6.45, 7) is 0.463. The van der Waals surface area contributed by atoms with Crippen LogP contribution in [-0.4, -0.2) is 69.3 Å². The minimum Gasteiger partial charge on any atom is -0.478 e. The second-order valence-corrected chi connectivity index (χ2v) is 4.46. The van der Waals surface area contributed by atoms with Crippen LogP contribution >= 0.6 is 0 Å². The second kappa shape index (κ2) is 6.66. The predicted octanol–water partition coefficient (Wildman–Crippen LogP) is -3.10. The molecule has 1 aliphatic heterocycles. The molecule has 0 spiro atoms. The molecule has 0 aliphatic carbocycles. The van der Waals surface area contributed by atoms with E-state index in [1.165, 1.54) is 6.92 Å². The lowest BCUT2D eigenvalue weighted by molar-refractivity contribution is -0.145. The number of carbonyl (C=O) groups excluding carboxylic acids is 1. The maximum atomic E-state index is 11.1. The Labute approximate surface area is 114 Å². The van der Waals surface area contributed by atoms with Crippen molar-refractivity contribution in [2.24, 2.45) is 5.73 Å². The molecule has 114 valence electrons. The van der Waals surface area contributed by atoms with Gasteiger partial charge in [-0.25, -0.2) is 4.79 Å². The van der Waals surface area contributed by atoms with Crippen molar-refractivity contribution in [1.29, 1.82) is 0 Å². The molecule has 20 heavy (non-hydrogen) atoms. The summed E-state index contributed by atoms with van der Waals surface area (Å²) in [5.41, 5.74) is 5.74. The third-order valence-electron chi connectivity index (χ3n) is 2.87. The highest BCUT2D eigenvalue weighted by Gasteiger charge is 2.42. The second-order valence-electron chi connectivity index (χ2n) is 4.46. The average Bonchev–Trinajstić information content (AvgIpc) is 2.38. The van der Waals surface area contributed by atoms with Crippen LogP contribution in [0.25, 0.3) is 0 Å². The maximum absolute atomic E-state index is 11.1. The zero-order valence-electron chi connectivity index (χ0n) is 10.8. The van der Waals surface area contributed by atoms with E-state index in [4.69, 9.17) is 20.7 Å². The van der Waals surface area contributed by atoms with Crippen molar-refractivity contribution in [2.75, 3.05) is 6.61 Å². The SMILES string of the molecule is CC(=O)N[C@H]1[C@H]([C@H](O)[C@@H](O)CO)OC(C(=O)O)=C[C@@H]1N. The van der Waals surface area contributed by atoms with Gasteiger partial charge in [0.25, 0.3) is 0 Å². The molecule has 1 rings (SSSR count). The number of nitrogens with two attached hydrogens (primary N) is 1. The molecule has 1 amide bonds. The van der Waals surface area contributed by atoms with E-state index in [1.54, 1.807) is 0 Å². The number of carbonyl (C=O) groups is 2. The Morgan fingerprint density at radius 1 is 1.50 bits per heavy atom. The lowest BCUT2D eigenvalue weighted by Crippen LogP contribution is -2.62. The van der Waals surface area contributed by atoms with Crippen molar-refractivity contribution < 1.29 is 34.8 Å². The Kier molecular flexibility index (Phi) is 5.45. The fraction of sp³-hybridized carbons (Fsp3) is 0.636. The highest BCUT2D eigenvalue weighted by atomic mass is 16.5. The van der Waals surface area contributed by atoms with Gasteiger partial charge in [-0.1, -0.05) is 0 Å². The quantitative estimate of drug-likeness (QED) is 0.310. The third kappa shape index (κ3) is 3.67. The number of hydrogen-bond donors (Lipinski definition) is 6. The Balaban J connectivity index is 3.04. The topological polar surface area (TPSA) is 162 Å². The lowest BCUT2D eigenvalue weighted by Gasteiger charge is -2.38. The van der Waals surface area contributed by atoms with Gasteiger partial charge in [-0.05, 0) is 6.08 Å². The summed E-state index contributed by atoms with van der Waals surface area (Å²) in [4.78, 5) is 22.0. The van der Waals surface area contributed by atoms with Gasteiger partial charge in [0.05, 0.1) is 18.7 Å². The number of rotatable bonds is 5. The number of aliphatic hydroxyl groups excluding tert-OH is 3. The molecule has 0 fully saturated rings. The van der Waals surface area contributed by atoms with Gasteiger partial charge in [0.15, 0.2) is 0 Å². The van der Waals surface area contributed by atoms with Gasteiger partial charge in [-0.2, -0.15) is 0 Å². The summed E-state index contributed by atoms with van der Waals surface area (Å²) < 4.78 is 5.06. The molecule has 1 aliphatic rings. The van der Waals surface area contributed by atoms with Gasteiger partial charge in [0.2, 0.25) is 11.7 Å². The molecule has 7 N–H and O–H groups in total. The number of carboxylic acid groups (broad SMARTS) is 1. The molecule has 0 radical (unpaired) electrons. The van der Waals surface area contributed by atoms with E-state index in [2.05, 4.69) is 5.32 Å². The van der Waals surface area contributed by atoms with Crippen LogP contribution in [0.1, 0.15) is 6.92 Å². The van der Waals surface area contributed by atoms with Crippen molar-refractivity contribution >= 4 is 11.9 Å². The first-order valence-electron chi connectivity index (χ1n) is 5.89. The van der Waals surface area contributed by atoms with Gasteiger partial charge >= 0.3 is 5.97 Å². The largest absolute Gasteiger partial charge is 0.478 e. The van der Waals surface area contributed by atoms with E-state index >= 15 is 0 Å². The number of carboxylic acids is 1. The van der Waals surface area contributed by atoms with Crippen LogP contribution in [0, 0.1) is 0 Å². The molecule has 0 saturated heterocycles. The van der Waals surface area contributed by atoms with Crippen LogP contribution in [0.3, 0.4) is 0 Å². The van der Waals surface area contributed by atoms with Gasteiger partial charge in [-0.15, -0.1) is 0 Å².